The van der Waals surface area contributed by atoms with Gasteiger partial charge >= 0.3 is 6.03 Å². The van der Waals surface area contributed by atoms with Crippen molar-refractivity contribution in [3.8, 4) is 6.07 Å². The molecule has 26 heavy (non-hydrogen) atoms. The number of hydrogen-bond acceptors (Lipinski definition) is 4. The van der Waals surface area contributed by atoms with Crippen LogP contribution in [0.4, 0.5) is 4.79 Å². The van der Waals surface area contributed by atoms with E-state index in [2.05, 4.69) is 16.7 Å². The first-order valence-corrected chi connectivity index (χ1v) is 8.80. The Morgan fingerprint density at radius 1 is 1.35 bits per heavy atom. The van der Waals surface area contributed by atoms with Gasteiger partial charge in [0.15, 0.2) is 0 Å². The summed E-state index contributed by atoms with van der Waals surface area (Å²) in [7, 11) is 0. The molecule has 1 atom stereocenters. The summed E-state index contributed by atoms with van der Waals surface area (Å²) in [5.41, 5.74) is -1.77. The van der Waals surface area contributed by atoms with Crippen LogP contribution in [0.5, 0.6) is 0 Å². The minimum absolute atomic E-state index is 0.351. The lowest BCUT2D eigenvalue weighted by Gasteiger charge is -2.24. The topological polar surface area (TPSA) is 102 Å². The summed E-state index contributed by atoms with van der Waals surface area (Å²) >= 11 is 6.17. The minimum atomic E-state index is -1.34. The van der Waals surface area contributed by atoms with Crippen LogP contribution < -0.4 is 10.6 Å². The van der Waals surface area contributed by atoms with Gasteiger partial charge in [-0.25, -0.2) is 4.79 Å². The molecule has 0 radical (unpaired) electrons. The summed E-state index contributed by atoms with van der Waals surface area (Å²) < 4.78 is 0. The predicted octanol–water partition coefficient (Wildman–Crippen LogP) is 2.06. The molecule has 8 heteroatoms. The van der Waals surface area contributed by atoms with Crippen molar-refractivity contribution in [2.75, 3.05) is 6.54 Å². The highest BCUT2D eigenvalue weighted by molar-refractivity contribution is 6.32. The maximum atomic E-state index is 12.9. The van der Waals surface area contributed by atoms with Gasteiger partial charge in [-0.1, -0.05) is 29.8 Å². The third kappa shape index (κ3) is 3.01. The lowest BCUT2D eigenvalue weighted by atomic mass is 9.92. The number of rotatable bonds is 4. The number of urea groups is 1. The first kappa shape index (κ1) is 18.2. The second-order valence-electron chi connectivity index (χ2n) is 6.88. The number of halogens is 1. The van der Waals surface area contributed by atoms with Crippen molar-refractivity contribution in [3.63, 3.8) is 0 Å². The molecule has 1 aliphatic carbocycles. The van der Waals surface area contributed by atoms with Gasteiger partial charge < -0.3 is 10.6 Å². The van der Waals surface area contributed by atoms with Gasteiger partial charge in [-0.3, -0.25) is 14.5 Å². The van der Waals surface area contributed by atoms with Crippen LogP contribution in [0.15, 0.2) is 24.3 Å². The maximum absolute atomic E-state index is 12.9. The van der Waals surface area contributed by atoms with Crippen molar-refractivity contribution in [2.24, 2.45) is 0 Å². The normalized spacial score (nSPS) is 24.3. The number of carbonyl (C=O) groups excluding carboxylic acids is 3. The summed E-state index contributed by atoms with van der Waals surface area (Å²) in [5.74, 6) is -1.08. The molecule has 0 bridgehead atoms. The number of nitrogens with one attached hydrogen (secondary N) is 2. The van der Waals surface area contributed by atoms with Gasteiger partial charge in [0, 0.05) is 10.6 Å². The van der Waals surface area contributed by atoms with E-state index in [0.29, 0.717) is 23.4 Å². The summed E-state index contributed by atoms with van der Waals surface area (Å²) in [6.07, 6.45) is 2.88. The molecule has 2 fully saturated rings. The molecule has 4 amide bonds. The van der Waals surface area contributed by atoms with Crippen LogP contribution >= 0.6 is 11.6 Å². The van der Waals surface area contributed by atoms with Crippen molar-refractivity contribution in [1.82, 2.24) is 15.5 Å². The number of carbonyl (C=O) groups is 3. The van der Waals surface area contributed by atoms with Gasteiger partial charge in [0.05, 0.1) is 6.07 Å². The van der Waals surface area contributed by atoms with E-state index >= 15 is 0 Å². The molecule has 0 spiro atoms. The molecule has 7 nitrogen and oxygen atoms in total. The van der Waals surface area contributed by atoms with Gasteiger partial charge in [0.1, 0.15) is 17.6 Å². The Hall–Kier alpha value is -2.59. The molecule has 2 aliphatic rings. The molecular formula is C18H19ClN4O3. The maximum Gasteiger partial charge on any atom is 0.325 e. The molecule has 1 aromatic rings. The smallest absolute Gasteiger partial charge is 0.325 e. The van der Waals surface area contributed by atoms with Gasteiger partial charge in [0.2, 0.25) is 5.91 Å². The Kier molecular flexibility index (Phi) is 4.63. The van der Waals surface area contributed by atoms with Crippen LogP contribution in [-0.2, 0) is 15.1 Å². The highest BCUT2D eigenvalue weighted by Gasteiger charge is 2.50. The van der Waals surface area contributed by atoms with Crippen LogP contribution in [0.3, 0.4) is 0 Å². The Morgan fingerprint density at radius 2 is 2.00 bits per heavy atom. The number of nitriles is 1. The van der Waals surface area contributed by atoms with Gasteiger partial charge in [-0.15, -0.1) is 0 Å². The van der Waals surface area contributed by atoms with E-state index in [1.54, 1.807) is 31.2 Å². The zero-order valence-electron chi connectivity index (χ0n) is 14.3. The SMILES string of the molecule is C[C@@]1(c2ccccc2Cl)NC(=O)N(CC(=O)NC2(C#N)CCCC2)C1=O. The van der Waals surface area contributed by atoms with Crippen molar-refractivity contribution in [1.29, 1.82) is 5.26 Å². The molecule has 0 unspecified atom stereocenters. The lowest BCUT2D eigenvalue weighted by molar-refractivity contribution is -0.135. The minimum Gasteiger partial charge on any atom is -0.336 e. The van der Waals surface area contributed by atoms with Gasteiger partial charge in [-0.2, -0.15) is 5.26 Å². The lowest BCUT2D eigenvalue weighted by Crippen LogP contribution is -2.50. The van der Waals surface area contributed by atoms with Crippen LogP contribution in [-0.4, -0.2) is 34.8 Å². The summed E-state index contributed by atoms with van der Waals surface area (Å²) in [4.78, 5) is 38.4. The zero-order chi connectivity index (χ0) is 18.9. The number of amides is 4. The van der Waals surface area contributed by atoms with Crippen LogP contribution in [0.25, 0.3) is 0 Å². The molecule has 2 N–H and O–H groups in total. The summed E-state index contributed by atoms with van der Waals surface area (Å²) in [6.45, 7) is 1.12. The predicted molar refractivity (Wildman–Crippen MR) is 94.0 cm³/mol. The third-order valence-electron chi connectivity index (χ3n) is 5.04. The van der Waals surface area contributed by atoms with Crippen molar-refractivity contribution in [2.45, 2.75) is 43.7 Å². The molecule has 3 rings (SSSR count). The van der Waals surface area contributed by atoms with E-state index in [0.717, 1.165) is 17.7 Å². The van der Waals surface area contributed by atoms with Crippen LogP contribution in [0, 0.1) is 11.3 Å². The first-order chi connectivity index (χ1) is 12.3. The Balaban J connectivity index is 1.77. The quantitative estimate of drug-likeness (QED) is 0.787. The Labute approximate surface area is 156 Å². The highest BCUT2D eigenvalue weighted by Crippen LogP contribution is 2.33. The van der Waals surface area contributed by atoms with Gasteiger partial charge in [0.25, 0.3) is 5.91 Å². The third-order valence-corrected chi connectivity index (χ3v) is 5.37. The second kappa shape index (κ2) is 6.61. The zero-order valence-corrected chi connectivity index (χ0v) is 15.1. The van der Waals surface area contributed by atoms with Crippen molar-refractivity contribution >= 4 is 29.4 Å². The highest BCUT2D eigenvalue weighted by atomic mass is 35.5. The fourth-order valence-corrected chi connectivity index (χ4v) is 3.91. The average Bonchev–Trinajstić information content (AvgIpc) is 3.15. The van der Waals surface area contributed by atoms with E-state index in [-0.39, 0.29) is 0 Å². The molecule has 1 heterocycles. The molecule has 1 saturated carbocycles. The van der Waals surface area contributed by atoms with E-state index in [4.69, 9.17) is 11.6 Å². The van der Waals surface area contributed by atoms with E-state index < -0.39 is 35.5 Å². The van der Waals surface area contributed by atoms with Crippen LogP contribution in [0.1, 0.15) is 38.2 Å². The first-order valence-electron chi connectivity index (χ1n) is 8.43. The number of imide groups is 1. The largest absolute Gasteiger partial charge is 0.336 e. The van der Waals surface area contributed by atoms with Crippen LogP contribution in [0.2, 0.25) is 5.02 Å². The fraction of sp³-hybridized carbons (Fsp3) is 0.444. The van der Waals surface area contributed by atoms with E-state index in [9.17, 15) is 19.6 Å². The number of hydrogen-bond donors (Lipinski definition) is 2. The standard InChI is InChI=1S/C18H19ClN4O3/c1-17(12-6-2-3-7-13(12)19)15(25)23(16(26)22-17)10-14(24)21-18(11-20)8-4-5-9-18/h2-3,6-7H,4-5,8-10H2,1H3,(H,21,24)(H,22,26)/t17-/m0/s1. The fourth-order valence-electron chi connectivity index (χ4n) is 3.58. The molecular weight excluding hydrogens is 356 g/mol. The summed E-state index contributed by atoms with van der Waals surface area (Å²) in [6, 6.07) is 8.23. The second-order valence-corrected chi connectivity index (χ2v) is 7.28. The number of nitrogens with zero attached hydrogens (tertiary/aromatic N) is 2. The van der Waals surface area contributed by atoms with Crippen molar-refractivity contribution < 1.29 is 14.4 Å². The molecule has 0 aromatic heterocycles. The number of benzene rings is 1. The summed E-state index contributed by atoms with van der Waals surface area (Å²) in [5, 5.41) is 15.0. The monoisotopic (exact) mass is 374 g/mol. The molecule has 1 aliphatic heterocycles. The molecule has 1 aromatic carbocycles. The Morgan fingerprint density at radius 3 is 2.62 bits per heavy atom. The van der Waals surface area contributed by atoms with E-state index in [1.807, 2.05) is 0 Å². The molecule has 136 valence electrons. The average molecular weight is 375 g/mol. The van der Waals surface area contributed by atoms with E-state index in [1.165, 1.54) is 0 Å². The van der Waals surface area contributed by atoms with Crippen molar-refractivity contribution in [3.05, 3.63) is 34.9 Å². The molecule has 1 saturated heterocycles. The van der Waals surface area contributed by atoms with Gasteiger partial charge in [-0.05, 0) is 38.7 Å². The Bertz CT molecular complexity index is 813.